The van der Waals surface area contributed by atoms with Gasteiger partial charge in [-0.05, 0) is 36.8 Å². The van der Waals surface area contributed by atoms with Crippen LogP contribution in [0.5, 0.6) is 0 Å². The Morgan fingerprint density at radius 2 is 1.83 bits per heavy atom. The fourth-order valence-electron chi connectivity index (χ4n) is 1.93. The number of carbonyl (C=O) groups excluding carboxylic acids is 2. The van der Waals surface area contributed by atoms with Crippen molar-refractivity contribution in [3.8, 4) is 0 Å². The predicted molar refractivity (Wildman–Crippen MR) is 89.3 cm³/mol. The highest BCUT2D eigenvalue weighted by molar-refractivity contribution is 8.00. The summed E-state index contributed by atoms with van der Waals surface area (Å²) in [5, 5.41) is -0.304. The third kappa shape index (κ3) is 5.14. The average molecular weight is 330 g/mol. The SMILES string of the molecule is COC(=O)c1cccc(COC(=O)C(C)Sc2ccccc2)c1. The number of thioether (sulfide) groups is 1. The van der Waals surface area contributed by atoms with E-state index in [1.54, 1.807) is 24.3 Å². The van der Waals surface area contributed by atoms with Gasteiger partial charge in [0.15, 0.2) is 0 Å². The third-order valence-corrected chi connectivity index (χ3v) is 4.21. The van der Waals surface area contributed by atoms with Crippen LogP contribution < -0.4 is 0 Å². The first-order valence-electron chi connectivity index (χ1n) is 7.15. The van der Waals surface area contributed by atoms with Crippen molar-refractivity contribution >= 4 is 23.7 Å². The van der Waals surface area contributed by atoms with E-state index in [0.717, 1.165) is 10.5 Å². The topological polar surface area (TPSA) is 52.6 Å². The molecule has 0 amide bonds. The minimum Gasteiger partial charge on any atom is -0.465 e. The van der Waals surface area contributed by atoms with Crippen molar-refractivity contribution in [3.05, 3.63) is 65.7 Å². The van der Waals surface area contributed by atoms with Crippen molar-refractivity contribution in [2.24, 2.45) is 0 Å². The minimum atomic E-state index is -0.411. The van der Waals surface area contributed by atoms with Crippen molar-refractivity contribution in [2.45, 2.75) is 23.7 Å². The molecular formula is C18H18O4S. The number of hydrogen-bond donors (Lipinski definition) is 0. The molecule has 120 valence electrons. The van der Waals surface area contributed by atoms with Gasteiger partial charge in [0.1, 0.15) is 11.9 Å². The standard InChI is InChI=1S/C18H18O4S/c1-13(23-16-9-4-3-5-10-16)17(19)22-12-14-7-6-8-15(11-14)18(20)21-2/h3-11,13H,12H2,1-2H3. The van der Waals surface area contributed by atoms with Crippen molar-refractivity contribution in [2.75, 3.05) is 7.11 Å². The maximum Gasteiger partial charge on any atom is 0.337 e. The molecule has 0 aliphatic heterocycles. The van der Waals surface area contributed by atoms with Gasteiger partial charge in [-0.25, -0.2) is 4.79 Å². The number of carbonyl (C=O) groups is 2. The van der Waals surface area contributed by atoms with Crippen LogP contribution in [0.4, 0.5) is 0 Å². The van der Waals surface area contributed by atoms with E-state index in [2.05, 4.69) is 4.74 Å². The minimum absolute atomic E-state index is 0.128. The van der Waals surface area contributed by atoms with Gasteiger partial charge in [-0.15, -0.1) is 11.8 Å². The van der Waals surface area contributed by atoms with Gasteiger partial charge in [0.25, 0.3) is 0 Å². The molecule has 0 spiro atoms. The molecule has 0 saturated carbocycles. The van der Waals surface area contributed by atoms with Gasteiger partial charge in [0.05, 0.1) is 12.7 Å². The Bertz CT molecular complexity index is 670. The highest BCUT2D eigenvalue weighted by atomic mass is 32.2. The Morgan fingerprint density at radius 1 is 1.09 bits per heavy atom. The molecule has 0 fully saturated rings. The quantitative estimate of drug-likeness (QED) is 0.597. The lowest BCUT2D eigenvalue weighted by atomic mass is 10.1. The van der Waals surface area contributed by atoms with Crippen LogP contribution in [-0.4, -0.2) is 24.3 Å². The van der Waals surface area contributed by atoms with E-state index in [4.69, 9.17) is 4.74 Å². The summed E-state index contributed by atoms with van der Waals surface area (Å²) in [4.78, 5) is 24.6. The van der Waals surface area contributed by atoms with Gasteiger partial charge >= 0.3 is 11.9 Å². The van der Waals surface area contributed by atoms with Crippen LogP contribution in [0.25, 0.3) is 0 Å². The number of esters is 2. The van der Waals surface area contributed by atoms with Gasteiger partial charge in [-0.2, -0.15) is 0 Å². The van der Waals surface area contributed by atoms with Gasteiger partial charge in [-0.3, -0.25) is 4.79 Å². The first-order chi connectivity index (χ1) is 11.1. The lowest BCUT2D eigenvalue weighted by Crippen LogP contribution is -2.16. The third-order valence-electron chi connectivity index (χ3n) is 3.12. The second-order valence-electron chi connectivity index (χ2n) is 4.87. The zero-order valence-corrected chi connectivity index (χ0v) is 13.8. The molecule has 5 heteroatoms. The second kappa shape index (κ2) is 8.39. The molecular weight excluding hydrogens is 312 g/mol. The van der Waals surface area contributed by atoms with Crippen molar-refractivity contribution < 1.29 is 19.1 Å². The summed E-state index contributed by atoms with van der Waals surface area (Å²) in [5.74, 6) is -0.700. The molecule has 0 aliphatic carbocycles. The van der Waals surface area contributed by atoms with Crippen LogP contribution in [0.1, 0.15) is 22.8 Å². The van der Waals surface area contributed by atoms with Gasteiger partial charge in [-0.1, -0.05) is 30.3 Å². The van der Waals surface area contributed by atoms with Crippen LogP contribution in [-0.2, 0) is 20.9 Å². The molecule has 0 heterocycles. The summed E-state index contributed by atoms with van der Waals surface area (Å²) in [5.41, 5.74) is 1.19. The van der Waals surface area contributed by atoms with E-state index in [1.165, 1.54) is 18.9 Å². The van der Waals surface area contributed by atoms with Crippen molar-refractivity contribution in [1.29, 1.82) is 0 Å². The van der Waals surface area contributed by atoms with E-state index in [-0.39, 0.29) is 17.8 Å². The van der Waals surface area contributed by atoms with Crippen LogP contribution >= 0.6 is 11.8 Å². The Hall–Kier alpha value is -2.27. The second-order valence-corrected chi connectivity index (χ2v) is 6.29. The number of ether oxygens (including phenoxy) is 2. The van der Waals surface area contributed by atoms with Crippen LogP contribution in [0.15, 0.2) is 59.5 Å². The molecule has 0 aromatic heterocycles. The molecule has 0 bridgehead atoms. The molecule has 0 radical (unpaired) electrons. The molecule has 23 heavy (non-hydrogen) atoms. The Balaban J connectivity index is 1.90. The molecule has 1 atom stereocenters. The van der Waals surface area contributed by atoms with Crippen LogP contribution in [0, 0.1) is 0 Å². The van der Waals surface area contributed by atoms with Crippen LogP contribution in [0.2, 0.25) is 0 Å². The smallest absolute Gasteiger partial charge is 0.337 e. The Kier molecular flexibility index (Phi) is 6.23. The summed E-state index contributed by atoms with van der Waals surface area (Å²) in [6, 6.07) is 16.5. The number of hydrogen-bond acceptors (Lipinski definition) is 5. The Morgan fingerprint density at radius 3 is 2.52 bits per heavy atom. The fraction of sp³-hybridized carbons (Fsp3) is 0.222. The molecule has 2 aromatic carbocycles. The summed E-state index contributed by atoms with van der Waals surface area (Å²) in [6.45, 7) is 1.94. The number of benzene rings is 2. The summed E-state index contributed by atoms with van der Waals surface area (Å²) in [7, 11) is 1.33. The zero-order chi connectivity index (χ0) is 16.7. The van der Waals surface area contributed by atoms with E-state index in [1.807, 2.05) is 37.3 Å². The molecule has 1 unspecified atom stereocenters. The normalized spacial score (nSPS) is 11.6. The molecule has 0 aliphatic rings. The number of rotatable bonds is 6. The molecule has 2 aromatic rings. The highest BCUT2D eigenvalue weighted by Gasteiger charge is 2.16. The molecule has 2 rings (SSSR count). The predicted octanol–water partition coefficient (Wildman–Crippen LogP) is 3.70. The maximum absolute atomic E-state index is 12.1. The average Bonchev–Trinajstić information content (AvgIpc) is 2.60. The lowest BCUT2D eigenvalue weighted by Gasteiger charge is -2.11. The van der Waals surface area contributed by atoms with Gasteiger partial charge in [0, 0.05) is 4.90 Å². The monoisotopic (exact) mass is 330 g/mol. The van der Waals surface area contributed by atoms with E-state index in [0.29, 0.717) is 5.56 Å². The van der Waals surface area contributed by atoms with Gasteiger partial charge in [0.2, 0.25) is 0 Å². The summed E-state index contributed by atoms with van der Waals surface area (Å²) in [6.07, 6.45) is 0. The number of methoxy groups -OCH3 is 1. The first-order valence-corrected chi connectivity index (χ1v) is 8.03. The fourth-order valence-corrected chi connectivity index (χ4v) is 2.82. The lowest BCUT2D eigenvalue weighted by molar-refractivity contribution is -0.143. The van der Waals surface area contributed by atoms with E-state index < -0.39 is 5.97 Å². The summed E-state index contributed by atoms with van der Waals surface area (Å²) < 4.78 is 9.99. The largest absolute Gasteiger partial charge is 0.465 e. The van der Waals surface area contributed by atoms with E-state index in [9.17, 15) is 9.59 Å². The first kappa shape index (κ1) is 17.1. The Labute approximate surface area is 139 Å². The highest BCUT2D eigenvalue weighted by Crippen LogP contribution is 2.23. The van der Waals surface area contributed by atoms with Crippen molar-refractivity contribution in [1.82, 2.24) is 0 Å². The zero-order valence-electron chi connectivity index (χ0n) is 13.0. The van der Waals surface area contributed by atoms with Gasteiger partial charge < -0.3 is 9.47 Å². The summed E-state index contributed by atoms with van der Waals surface area (Å²) >= 11 is 1.45. The molecule has 0 saturated heterocycles. The maximum atomic E-state index is 12.1. The van der Waals surface area contributed by atoms with Crippen molar-refractivity contribution in [3.63, 3.8) is 0 Å². The molecule has 4 nitrogen and oxygen atoms in total. The van der Waals surface area contributed by atoms with Crippen LogP contribution in [0.3, 0.4) is 0 Å². The molecule has 0 N–H and O–H groups in total. The van der Waals surface area contributed by atoms with E-state index >= 15 is 0 Å².